The number of rotatable bonds is 3. The summed E-state index contributed by atoms with van der Waals surface area (Å²) in [5, 5.41) is 1.98. The third-order valence-electron chi connectivity index (χ3n) is 1.19. The highest BCUT2D eigenvalue weighted by Gasteiger charge is 2.08. The second-order valence-corrected chi connectivity index (χ2v) is 2.94. The van der Waals surface area contributed by atoms with E-state index < -0.39 is 6.04 Å². The first-order valence-electron chi connectivity index (χ1n) is 2.98. The number of carbonyl (C=O) groups excluding carboxylic acids is 1. The van der Waals surface area contributed by atoms with E-state index in [9.17, 15) is 4.79 Å². The van der Waals surface area contributed by atoms with Crippen LogP contribution in [0.25, 0.3) is 0 Å². The summed E-state index contributed by atoms with van der Waals surface area (Å²) in [4.78, 5) is 12.0. The molecule has 0 saturated heterocycles. The van der Waals surface area contributed by atoms with Crippen LogP contribution < -0.4 is 5.73 Å². The lowest BCUT2D eigenvalue weighted by Gasteiger charge is -2.15. The first-order chi connectivity index (χ1) is 4.83. The minimum absolute atomic E-state index is 0.469. The fraction of sp³-hybridized carbons (Fsp3) is 0.500. The van der Waals surface area contributed by atoms with E-state index >= 15 is 0 Å². The molecule has 2 N–H and O–H groups in total. The van der Waals surface area contributed by atoms with Gasteiger partial charge in [0.2, 0.25) is 6.29 Å². The van der Waals surface area contributed by atoms with Crippen LogP contribution in [-0.4, -0.2) is 29.6 Å². The molecule has 0 amide bonds. The van der Waals surface area contributed by atoms with E-state index in [1.54, 1.807) is 18.0 Å². The van der Waals surface area contributed by atoms with Crippen LogP contribution in [0.5, 0.6) is 0 Å². The summed E-state index contributed by atoms with van der Waals surface area (Å²) in [6.07, 6.45) is 3.67. The SMILES string of the molecule is N[C@H]([C]=O)CN1C=CSC1. The van der Waals surface area contributed by atoms with Gasteiger partial charge in [-0.15, -0.1) is 11.8 Å². The molecule has 1 aliphatic rings. The second-order valence-electron chi connectivity index (χ2n) is 2.08. The molecular weight excluding hydrogens is 148 g/mol. The normalized spacial score (nSPS) is 19.5. The van der Waals surface area contributed by atoms with Crippen LogP contribution in [0.1, 0.15) is 0 Å². The summed E-state index contributed by atoms with van der Waals surface area (Å²) < 4.78 is 0. The highest BCUT2D eigenvalue weighted by molar-refractivity contribution is 8.02. The third-order valence-corrected chi connectivity index (χ3v) is 1.99. The zero-order chi connectivity index (χ0) is 7.40. The molecule has 1 heterocycles. The van der Waals surface area contributed by atoms with Gasteiger partial charge in [0.25, 0.3) is 0 Å². The Labute approximate surface area is 64.3 Å². The number of hydrogen-bond donors (Lipinski definition) is 1. The molecule has 1 aliphatic heterocycles. The molecule has 0 bridgehead atoms. The van der Waals surface area contributed by atoms with Crippen molar-refractivity contribution in [3.63, 3.8) is 0 Å². The average molecular weight is 157 g/mol. The van der Waals surface area contributed by atoms with E-state index in [0.717, 1.165) is 5.88 Å². The van der Waals surface area contributed by atoms with Crippen LogP contribution in [0.3, 0.4) is 0 Å². The first kappa shape index (κ1) is 7.63. The minimum Gasteiger partial charge on any atom is -0.365 e. The number of thioether (sulfide) groups is 1. The Morgan fingerprint density at radius 3 is 3.20 bits per heavy atom. The average Bonchev–Trinajstić information content (AvgIpc) is 2.40. The fourth-order valence-electron chi connectivity index (χ4n) is 0.714. The van der Waals surface area contributed by atoms with Crippen molar-refractivity contribution in [2.24, 2.45) is 5.73 Å². The zero-order valence-corrected chi connectivity index (χ0v) is 6.30. The van der Waals surface area contributed by atoms with Gasteiger partial charge in [0.05, 0.1) is 11.9 Å². The Morgan fingerprint density at radius 1 is 1.90 bits per heavy atom. The largest absolute Gasteiger partial charge is 0.365 e. The maximum Gasteiger partial charge on any atom is 0.218 e. The third kappa shape index (κ3) is 2.04. The molecule has 55 valence electrons. The van der Waals surface area contributed by atoms with Crippen molar-refractivity contribution in [2.75, 3.05) is 12.4 Å². The van der Waals surface area contributed by atoms with Crippen molar-refractivity contribution in [3.8, 4) is 0 Å². The molecule has 3 nitrogen and oxygen atoms in total. The van der Waals surface area contributed by atoms with Gasteiger partial charge in [-0.3, -0.25) is 4.79 Å². The summed E-state index contributed by atoms with van der Waals surface area (Å²) in [6, 6.07) is -0.469. The molecule has 0 aromatic heterocycles. The van der Waals surface area contributed by atoms with Crippen LogP contribution in [0.2, 0.25) is 0 Å². The van der Waals surface area contributed by atoms with Crippen molar-refractivity contribution < 1.29 is 4.79 Å². The quantitative estimate of drug-likeness (QED) is 0.621. The van der Waals surface area contributed by atoms with E-state index in [4.69, 9.17) is 5.73 Å². The summed E-state index contributed by atoms with van der Waals surface area (Å²) in [5.74, 6) is 0.898. The van der Waals surface area contributed by atoms with Crippen molar-refractivity contribution in [2.45, 2.75) is 6.04 Å². The van der Waals surface area contributed by atoms with E-state index in [0.29, 0.717) is 6.54 Å². The lowest BCUT2D eigenvalue weighted by Crippen LogP contribution is -2.34. The first-order valence-corrected chi connectivity index (χ1v) is 4.03. The summed E-state index contributed by atoms with van der Waals surface area (Å²) in [7, 11) is 0. The lowest BCUT2D eigenvalue weighted by atomic mass is 10.3. The summed E-state index contributed by atoms with van der Waals surface area (Å²) in [6.45, 7) is 0.576. The van der Waals surface area contributed by atoms with Crippen LogP contribution >= 0.6 is 11.8 Å². The molecule has 10 heavy (non-hydrogen) atoms. The van der Waals surface area contributed by atoms with E-state index in [1.165, 1.54) is 0 Å². The van der Waals surface area contributed by atoms with E-state index in [2.05, 4.69) is 0 Å². The van der Waals surface area contributed by atoms with E-state index in [-0.39, 0.29) is 0 Å². The molecule has 1 rings (SSSR count). The molecule has 0 spiro atoms. The molecule has 0 aromatic rings. The molecule has 4 heteroatoms. The van der Waals surface area contributed by atoms with Crippen LogP contribution in [0.4, 0.5) is 0 Å². The Bertz CT molecular complexity index is 149. The number of hydrogen-bond acceptors (Lipinski definition) is 4. The van der Waals surface area contributed by atoms with Crippen molar-refractivity contribution in [3.05, 3.63) is 11.6 Å². The molecule has 0 saturated carbocycles. The van der Waals surface area contributed by atoms with Gasteiger partial charge < -0.3 is 10.6 Å². The van der Waals surface area contributed by atoms with Crippen LogP contribution in [0.15, 0.2) is 11.6 Å². The number of nitrogens with two attached hydrogens (primary N) is 1. The highest BCUT2D eigenvalue weighted by atomic mass is 32.2. The van der Waals surface area contributed by atoms with Crippen molar-refractivity contribution in [1.82, 2.24) is 4.90 Å². The second kappa shape index (κ2) is 3.63. The van der Waals surface area contributed by atoms with Gasteiger partial charge in [-0.2, -0.15) is 0 Å². The Hall–Kier alpha value is -0.480. The topological polar surface area (TPSA) is 46.3 Å². The van der Waals surface area contributed by atoms with Gasteiger partial charge in [-0.05, 0) is 5.41 Å². The van der Waals surface area contributed by atoms with Gasteiger partial charge >= 0.3 is 0 Å². The fourth-order valence-corrected chi connectivity index (χ4v) is 1.44. The van der Waals surface area contributed by atoms with Crippen molar-refractivity contribution in [1.29, 1.82) is 0 Å². The Morgan fingerprint density at radius 2 is 2.70 bits per heavy atom. The molecule has 0 unspecified atom stereocenters. The molecule has 0 fully saturated rings. The van der Waals surface area contributed by atoms with Crippen LogP contribution in [-0.2, 0) is 4.79 Å². The predicted molar refractivity (Wildman–Crippen MR) is 42.0 cm³/mol. The Balaban J connectivity index is 2.24. The van der Waals surface area contributed by atoms with Gasteiger partial charge in [-0.25, -0.2) is 0 Å². The minimum atomic E-state index is -0.469. The maximum atomic E-state index is 9.99. The zero-order valence-electron chi connectivity index (χ0n) is 5.49. The van der Waals surface area contributed by atoms with Gasteiger partial charge in [0, 0.05) is 12.7 Å². The van der Waals surface area contributed by atoms with Gasteiger partial charge in [0.1, 0.15) is 0 Å². The lowest BCUT2D eigenvalue weighted by molar-refractivity contribution is 0.426. The van der Waals surface area contributed by atoms with Crippen LogP contribution in [0, 0.1) is 0 Å². The predicted octanol–water partition coefficient (Wildman–Crippen LogP) is -0.0991. The molecule has 1 atom stereocenters. The summed E-state index contributed by atoms with van der Waals surface area (Å²) >= 11 is 1.69. The molecule has 1 radical (unpaired) electrons. The highest BCUT2D eigenvalue weighted by Crippen LogP contribution is 2.14. The van der Waals surface area contributed by atoms with Gasteiger partial charge in [0.15, 0.2) is 0 Å². The monoisotopic (exact) mass is 157 g/mol. The van der Waals surface area contributed by atoms with Gasteiger partial charge in [-0.1, -0.05) is 0 Å². The van der Waals surface area contributed by atoms with E-state index in [1.807, 2.05) is 16.5 Å². The molecule has 0 aromatic carbocycles. The molecular formula is C6H9N2OS. The standard InChI is InChI=1S/C6H9N2OS/c7-6(4-9)3-8-1-2-10-5-8/h1-2,6H,3,5,7H2/t6-/m0/s1. The smallest absolute Gasteiger partial charge is 0.218 e. The maximum absolute atomic E-state index is 9.99. The number of nitrogens with zero attached hydrogens (tertiary/aromatic N) is 1. The molecule has 0 aliphatic carbocycles. The van der Waals surface area contributed by atoms with Crippen molar-refractivity contribution >= 4 is 18.0 Å². The summed E-state index contributed by atoms with van der Waals surface area (Å²) in [5.41, 5.74) is 5.34. The Kier molecular flexibility index (Phi) is 2.77.